The third-order valence-corrected chi connectivity index (χ3v) is 3.25. The molecule has 0 radical (unpaired) electrons. The number of aliphatic hydroxyl groups excluding tert-OH is 2. The van der Waals surface area contributed by atoms with Crippen LogP contribution in [0.4, 0.5) is 0 Å². The minimum atomic E-state index is -1.19. The molecule has 0 aliphatic carbocycles. The number of aliphatic hydroxyl groups is 2. The Morgan fingerprint density at radius 2 is 1.40 bits per heavy atom. The van der Waals surface area contributed by atoms with Crippen molar-refractivity contribution < 1.29 is 15.0 Å². The lowest BCUT2D eigenvalue weighted by Gasteiger charge is -2.31. The maximum atomic E-state index is 12.2. The lowest BCUT2D eigenvalue weighted by molar-refractivity contribution is 0.0658. The van der Waals surface area contributed by atoms with E-state index in [9.17, 15) is 15.0 Å². The number of nitrogens with one attached hydrogen (secondary N) is 1. The molecule has 0 atom stereocenters. The zero-order chi connectivity index (χ0) is 14.4. The highest BCUT2D eigenvalue weighted by atomic mass is 16.3. The van der Waals surface area contributed by atoms with Gasteiger partial charge in [-0.3, -0.25) is 4.79 Å². The lowest BCUT2D eigenvalue weighted by Crippen LogP contribution is -2.51. The number of hydrogen-bond acceptors (Lipinski definition) is 3. The smallest absolute Gasteiger partial charge is 0.252 e. The summed E-state index contributed by atoms with van der Waals surface area (Å²) in [5.74, 6) is -0.336. The van der Waals surface area contributed by atoms with Crippen molar-refractivity contribution in [3.05, 3.63) is 71.8 Å². The van der Waals surface area contributed by atoms with Crippen LogP contribution >= 0.6 is 0 Å². The Kier molecular flexibility index (Phi) is 4.50. The van der Waals surface area contributed by atoms with Crippen LogP contribution in [0.1, 0.15) is 15.9 Å². The fraction of sp³-hybridized carbons (Fsp3) is 0.188. The molecule has 1 amide bonds. The summed E-state index contributed by atoms with van der Waals surface area (Å²) in [6.07, 6.45) is 0. The Hall–Kier alpha value is -2.17. The first kappa shape index (κ1) is 14.2. The standard InChI is InChI=1S/C16H17NO3/c18-11-16(12-19,14-9-5-2-6-10-14)17-15(20)13-7-3-1-4-8-13/h1-10,18-19H,11-12H2,(H,17,20). The van der Waals surface area contributed by atoms with Gasteiger partial charge in [0.15, 0.2) is 0 Å². The highest BCUT2D eigenvalue weighted by Crippen LogP contribution is 2.20. The third kappa shape index (κ3) is 2.87. The van der Waals surface area contributed by atoms with E-state index in [1.54, 1.807) is 48.5 Å². The van der Waals surface area contributed by atoms with Gasteiger partial charge in [0.1, 0.15) is 5.54 Å². The fourth-order valence-electron chi connectivity index (χ4n) is 2.02. The van der Waals surface area contributed by atoms with E-state index < -0.39 is 5.54 Å². The molecular formula is C16H17NO3. The van der Waals surface area contributed by atoms with Crippen LogP contribution in [0, 0.1) is 0 Å². The Balaban J connectivity index is 2.29. The summed E-state index contributed by atoms with van der Waals surface area (Å²) in [7, 11) is 0. The molecule has 2 aromatic rings. The predicted molar refractivity (Wildman–Crippen MR) is 76.2 cm³/mol. The molecule has 0 bridgehead atoms. The second-order valence-corrected chi connectivity index (χ2v) is 4.58. The molecule has 0 saturated heterocycles. The highest BCUT2D eigenvalue weighted by molar-refractivity contribution is 5.94. The van der Waals surface area contributed by atoms with Crippen LogP contribution in [-0.2, 0) is 5.54 Å². The van der Waals surface area contributed by atoms with Crippen molar-refractivity contribution in [2.45, 2.75) is 5.54 Å². The Labute approximate surface area is 117 Å². The number of hydrogen-bond donors (Lipinski definition) is 3. The molecule has 0 aromatic heterocycles. The van der Waals surface area contributed by atoms with Crippen LogP contribution in [0.2, 0.25) is 0 Å². The first-order chi connectivity index (χ1) is 9.72. The zero-order valence-electron chi connectivity index (χ0n) is 11.0. The van der Waals surface area contributed by atoms with Gasteiger partial charge >= 0.3 is 0 Å². The van der Waals surface area contributed by atoms with Crippen molar-refractivity contribution in [2.75, 3.05) is 13.2 Å². The first-order valence-corrected chi connectivity index (χ1v) is 6.37. The predicted octanol–water partition coefficient (Wildman–Crippen LogP) is 1.30. The van der Waals surface area contributed by atoms with E-state index in [-0.39, 0.29) is 19.1 Å². The Morgan fingerprint density at radius 1 is 0.900 bits per heavy atom. The van der Waals surface area contributed by atoms with Crippen molar-refractivity contribution in [1.29, 1.82) is 0 Å². The fourth-order valence-corrected chi connectivity index (χ4v) is 2.02. The van der Waals surface area contributed by atoms with Gasteiger partial charge in [0, 0.05) is 5.56 Å². The summed E-state index contributed by atoms with van der Waals surface area (Å²) >= 11 is 0. The number of benzene rings is 2. The number of carbonyl (C=O) groups is 1. The van der Waals surface area contributed by atoms with Gasteiger partial charge in [-0.05, 0) is 17.7 Å². The topological polar surface area (TPSA) is 69.6 Å². The maximum Gasteiger partial charge on any atom is 0.252 e. The minimum absolute atomic E-state index is 0.336. The largest absolute Gasteiger partial charge is 0.393 e. The highest BCUT2D eigenvalue weighted by Gasteiger charge is 2.32. The van der Waals surface area contributed by atoms with Crippen LogP contribution < -0.4 is 5.32 Å². The van der Waals surface area contributed by atoms with Gasteiger partial charge < -0.3 is 15.5 Å². The molecule has 0 fully saturated rings. The van der Waals surface area contributed by atoms with Crippen LogP contribution in [0.25, 0.3) is 0 Å². The summed E-state index contributed by atoms with van der Waals surface area (Å²) in [6, 6.07) is 17.7. The Morgan fingerprint density at radius 3 is 1.90 bits per heavy atom. The normalized spacial score (nSPS) is 11.1. The second-order valence-electron chi connectivity index (χ2n) is 4.58. The van der Waals surface area contributed by atoms with E-state index in [2.05, 4.69) is 5.32 Å². The molecule has 2 rings (SSSR count). The molecule has 0 spiro atoms. The van der Waals surface area contributed by atoms with Crippen molar-refractivity contribution in [2.24, 2.45) is 0 Å². The third-order valence-electron chi connectivity index (χ3n) is 3.25. The van der Waals surface area contributed by atoms with Crippen molar-refractivity contribution in [3.8, 4) is 0 Å². The zero-order valence-corrected chi connectivity index (χ0v) is 11.0. The van der Waals surface area contributed by atoms with E-state index in [0.29, 0.717) is 11.1 Å². The average Bonchev–Trinajstić information content (AvgIpc) is 2.54. The van der Waals surface area contributed by atoms with Crippen LogP contribution in [-0.4, -0.2) is 29.3 Å². The lowest BCUT2D eigenvalue weighted by atomic mass is 9.91. The molecule has 4 nitrogen and oxygen atoms in total. The number of carbonyl (C=O) groups excluding carboxylic acids is 1. The minimum Gasteiger partial charge on any atom is -0.393 e. The quantitative estimate of drug-likeness (QED) is 0.767. The monoisotopic (exact) mass is 271 g/mol. The second kappa shape index (κ2) is 6.32. The summed E-state index contributed by atoms with van der Waals surface area (Å²) in [4.78, 5) is 12.2. The molecule has 0 unspecified atom stereocenters. The van der Waals surface area contributed by atoms with Crippen molar-refractivity contribution in [1.82, 2.24) is 5.32 Å². The molecule has 0 aliphatic rings. The van der Waals surface area contributed by atoms with E-state index >= 15 is 0 Å². The molecule has 0 heterocycles. The molecule has 0 saturated carbocycles. The number of rotatable bonds is 5. The molecule has 20 heavy (non-hydrogen) atoms. The summed E-state index contributed by atoms with van der Waals surface area (Å²) in [5, 5.41) is 22.0. The molecule has 4 heteroatoms. The van der Waals surface area contributed by atoms with E-state index in [0.717, 1.165) is 0 Å². The van der Waals surface area contributed by atoms with Crippen molar-refractivity contribution in [3.63, 3.8) is 0 Å². The van der Waals surface area contributed by atoms with Crippen LogP contribution in [0.15, 0.2) is 60.7 Å². The molecule has 0 aliphatic heterocycles. The Bertz CT molecular complexity index is 550. The van der Waals surface area contributed by atoms with E-state index in [4.69, 9.17) is 0 Å². The molecule has 104 valence electrons. The van der Waals surface area contributed by atoms with Crippen LogP contribution in [0.3, 0.4) is 0 Å². The molecular weight excluding hydrogens is 254 g/mol. The maximum absolute atomic E-state index is 12.2. The van der Waals surface area contributed by atoms with Gasteiger partial charge in [-0.25, -0.2) is 0 Å². The SMILES string of the molecule is O=C(NC(CO)(CO)c1ccccc1)c1ccccc1. The van der Waals surface area contributed by atoms with Gasteiger partial charge in [-0.15, -0.1) is 0 Å². The van der Waals surface area contributed by atoms with Gasteiger partial charge in [-0.1, -0.05) is 48.5 Å². The van der Waals surface area contributed by atoms with Gasteiger partial charge in [0.25, 0.3) is 5.91 Å². The summed E-state index contributed by atoms with van der Waals surface area (Å²) in [5.41, 5.74) is -0.0437. The average molecular weight is 271 g/mol. The van der Waals surface area contributed by atoms with E-state index in [1.807, 2.05) is 12.1 Å². The van der Waals surface area contributed by atoms with E-state index in [1.165, 1.54) is 0 Å². The van der Waals surface area contributed by atoms with Gasteiger partial charge in [-0.2, -0.15) is 0 Å². The number of amides is 1. The summed E-state index contributed by atoms with van der Waals surface area (Å²) in [6.45, 7) is -0.766. The summed E-state index contributed by atoms with van der Waals surface area (Å²) < 4.78 is 0. The molecule has 3 N–H and O–H groups in total. The molecule has 2 aromatic carbocycles. The van der Waals surface area contributed by atoms with Crippen LogP contribution in [0.5, 0.6) is 0 Å². The van der Waals surface area contributed by atoms with Crippen molar-refractivity contribution >= 4 is 5.91 Å². The first-order valence-electron chi connectivity index (χ1n) is 6.37. The van der Waals surface area contributed by atoms with Gasteiger partial charge in [0.05, 0.1) is 13.2 Å². The van der Waals surface area contributed by atoms with Gasteiger partial charge in [0.2, 0.25) is 0 Å².